The maximum atomic E-state index is 3.62. The molecule has 1 nitrogen and oxygen atoms in total. The van der Waals surface area contributed by atoms with Crippen LogP contribution >= 0.6 is 0 Å². The fourth-order valence-electron chi connectivity index (χ4n) is 5.50. The molecule has 0 unspecified atom stereocenters. The van der Waals surface area contributed by atoms with Gasteiger partial charge >= 0.3 is 0 Å². The van der Waals surface area contributed by atoms with E-state index in [-0.39, 0.29) is 5.41 Å². The molecule has 1 aliphatic heterocycles. The molecule has 5 aromatic rings. The standard InChI is InChI=1S/C38H31N/c1-38(2)33-20-12-13-21-34(33)39-35(38)27-24-28-22-25-32(26-23-28)37(31-18-10-5-11-19-31)36(29-14-6-3-7-15-29)30-16-8-4-9-17-30/h3-27H,1-2H3/p+1/b27-24+. The normalized spacial score (nSPS) is 13.6. The minimum atomic E-state index is -0.0451. The molecule has 0 aromatic heterocycles. The molecule has 0 bridgehead atoms. The predicted octanol–water partition coefficient (Wildman–Crippen LogP) is 7.85. The summed E-state index contributed by atoms with van der Waals surface area (Å²) in [6.07, 6.45) is 4.43. The lowest BCUT2D eigenvalue weighted by molar-refractivity contribution is -0.349. The fraction of sp³-hybridized carbons (Fsp3) is 0.0789. The Bertz CT molecular complexity index is 1630. The van der Waals surface area contributed by atoms with E-state index in [1.165, 1.54) is 55.9 Å². The molecule has 5 aromatic carbocycles. The number of allylic oxidation sites excluding steroid dienone is 1. The summed E-state index contributed by atoms with van der Waals surface area (Å²) in [4.78, 5) is 3.62. The van der Waals surface area contributed by atoms with Crippen LogP contribution in [-0.2, 0) is 5.41 Å². The van der Waals surface area contributed by atoms with Gasteiger partial charge in [0.15, 0.2) is 5.71 Å². The Hall–Kier alpha value is -4.75. The average molecular weight is 503 g/mol. The fourth-order valence-corrected chi connectivity index (χ4v) is 5.50. The SMILES string of the molecule is CC1(C)C(/C=C/c2ccc(C(=C(c3ccccc3)c3ccccc3)c3ccccc3)cc2)=[NH+]c2ccccc21. The van der Waals surface area contributed by atoms with Crippen molar-refractivity contribution in [1.82, 2.24) is 0 Å². The summed E-state index contributed by atoms with van der Waals surface area (Å²) in [6, 6.07) is 49.7. The minimum absolute atomic E-state index is 0.0451. The molecule has 0 fully saturated rings. The van der Waals surface area contributed by atoms with E-state index in [0.717, 1.165) is 0 Å². The zero-order chi connectivity index (χ0) is 26.7. The molecule has 188 valence electrons. The third-order valence-electron chi connectivity index (χ3n) is 7.62. The molecule has 6 rings (SSSR count). The van der Waals surface area contributed by atoms with Crippen molar-refractivity contribution in [2.24, 2.45) is 0 Å². The second-order valence-electron chi connectivity index (χ2n) is 10.5. The smallest absolute Gasteiger partial charge is 0.208 e. The van der Waals surface area contributed by atoms with E-state index in [1.54, 1.807) is 0 Å². The van der Waals surface area contributed by atoms with Gasteiger partial charge in [-0.2, -0.15) is 0 Å². The molecule has 0 saturated heterocycles. The van der Waals surface area contributed by atoms with Crippen LogP contribution < -0.4 is 4.99 Å². The molecule has 0 saturated carbocycles. The number of hydrogen-bond acceptors (Lipinski definition) is 0. The molecular formula is C38H32N+. The van der Waals surface area contributed by atoms with Crippen LogP contribution in [0, 0.1) is 0 Å². The van der Waals surface area contributed by atoms with Crippen molar-refractivity contribution in [2.75, 3.05) is 0 Å². The van der Waals surface area contributed by atoms with Crippen molar-refractivity contribution in [3.05, 3.63) is 179 Å². The first kappa shape index (κ1) is 24.6. The van der Waals surface area contributed by atoms with E-state index in [4.69, 9.17) is 0 Å². The van der Waals surface area contributed by atoms with Crippen LogP contribution in [0.5, 0.6) is 0 Å². The molecule has 0 aliphatic carbocycles. The Kier molecular flexibility index (Phi) is 6.65. The van der Waals surface area contributed by atoms with Crippen LogP contribution in [0.1, 0.15) is 47.2 Å². The number of para-hydroxylation sites is 1. The highest BCUT2D eigenvalue weighted by atomic mass is 14.8. The van der Waals surface area contributed by atoms with Crippen molar-refractivity contribution in [3.8, 4) is 0 Å². The van der Waals surface area contributed by atoms with Crippen LogP contribution in [-0.4, -0.2) is 5.71 Å². The summed E-state index contributed by atoms with van der Waals surface area (Å²) in [5.74, 6) is 0. The summed E-state index contributed by atoms with van der Waals surface area (Å²) >= 11 is 0. The van der Waals surface area contributed by atoms with Gasteiger partial charge in [-0.15, -0.1) is 0 Å². The first-order valence-corrected chi connectivity index (χ1v) is 13.5. The second-order valence-corrected chi connectivity index (χ2v) is 10.5. The molecule has 1 heterocycles. The number of fused-ring (bicyclic) bond motifs is 1. The van der Waals surface area contributed by atoms with Crippen molar-refractivity contribution in [2.45, 2.75) is 19.3 Å². The van der Waals surface area contributed by atoms with Crippen LogP contribution in [0.4, 0.5) is 5.69 Å². The second kappa shape index (κ2) is 10.6. The predicted molar refractivity (Wildman–Crippen MR) is 165 cm³/mol. The summed E-state index contributed by atoms with van der Waals surface area (Å²) in [7, 11) is 0. The highest BCUT2D eigenvalue weighted by Crippen LogP contribution is 2.37. The van der Waals surface area contributed by atoms with E-state index < -0.39 is 0 Å². The van der Waals surface area contributed by atoms with Gasteiger partial charge in [0, 0.05) is 17.7 Å². The van der Waals surface area contributed by atoms with Gasteiger partial charge < -0.3 is 0 Å². The first-order chi connectivity index (χ1) is 19.1. The quantitative estimate of drug-likeness (QED) is 0.227. The molecule has 1 heteroatoms. The molecular weight excluding hydrogens is 470 g/mol. The first-order valence-electron chi connectivity index (χ1n) is 13.5. The number of hydrogen-bond donors (Lipinski definition) is 1. The van der Waals surface area contributed by atoms with Gasteiger partial charge in [-0.3, -0.25) is 0 Å². The molecule has 1 aliphatic rings. The zero-order valence-corrected chi connectivity index (χ0v) is 22.4. The summed E-state index contributed by atoms with van der Waals surface area (Å²) in [6.45, 7) is 4.56. The van der Waals surface area contributed by atoms with Crippen LogP contribution in [0.15, 0.2) is 146 Å². The van der Waals surface area contributed by atoms with Gasteiger partial charge in [-0.05, 0) is 58.9 Å². The lowest BCUT2D eigenvalue weighted by atomic mass is 9.81. The average Bonchev–Trinajstić information content (AvgIpc) is 3.26. The maximum absolute atomic E-state index is 3.62. The Labute approximate surface area is 231 Å². The van der Waals surface area contributed by atoms with Crippen LogP contribution in [0.3, 0.4) is 0 Å². The van der Waals surface area contributed by atoms with Gasteiger partial charge in [0.2, 0.25) is 5.69 Å². The monoisotopic (exact) mass is 502 g/mol. The lowest BCUT2D eigenvalue weighted by Crippen LogP contribution is -2.65. The van der Waals surface area contributed by atoms with E-state index in [1.807, 2.05) is 0 Å². The van der Waals surface area contributed by atoms with Crippen molar-refractivity contribution in [3.63, 3.8) is 0 Å². The summed E-state index contributed by atoms with van der Waals surface area (Å²) < 4.78 is 0. The van der Waals surface area contributed by atoms with E-state index in [9.17, 15) is 0 Å². The van der Waals surface area contributed by atoms with Gasteiger partial charge in [0.1, 0.15) is 0 Å². The Balaban J connectivity index is 1.42. The third-order valence-corrected chi connectivity index (χ3v) is 7.62. The van der Waals surface area contributed by atoms with E-state index in [0.29, 0.717) is 0 Å². The molecule has 0 radical (unpaired) electrons. The third kappa shape index (κ3) is 4.92. The molecule has 39 heavy (non-hydrogen) atoms. The molecule has 0 atom stereocenters. The molecule has 0 spiro atoms. The maximum Gasteiger partial charge on any atom is 0.208 e. The van der Waals surface area contributed by atoms with Crippen LogP contribution in [0.2, 0.25) is 0 Å². The number of nitrogens with one attached hydrogen (secondary N) is 1. The van der Waals surface area contributed by atoms with Crippen molar-refractivity contribution < 1.29 is 4.99 Å². The molecule has 0 amide bonds. The largest absolute Gasteiger partial charge is 0.208 e. The van der Waals surface area contributed by atoms with Crippen LogP contribution in [0.25, 0.3) is 17.2 Å². The number of benzene rings is 5. The van der Waals surface area contributed by atoms with Crippen molar-refractivity contribution in [1.29, 1.82) is 0 Å². The van der Waals surface area contributed by atoms with Gasteiger partial charge in [-0.25, -0.2) is 4.99 Å². The molecule has 1 N–H and O–H groups in total. The van der Waals surface area contributed by atoms with E-state index >= 15 is 0 Å². The highest BCUT2D eigenvalue weighted by Gasteiger charge is 2.39. The topological polar surface area (TPSA) is 14.0 Å². The zero-order valence-electron chi connectivity index (χ0n) is 22.4. The Morgan fingerprint density at radius 2 is 0.923 bits per heavy atom. The highest BCUT2D eigenvalue weighted by molar-refractivity contribution is 6.05. The Morgan fingerprint density at radius 3 is 1.41 bits per heavy atom. The van der Waals surface area contributed by atoms with Gasteiger partial charge in [-0.1, -0.05) is 133 Å². The van der Waals surface area contributed by atoms with Gasteiger partial charge in [0.25, 0.3) is 0 Å². The minimum Gasteiger partial charge on any atom is -0.208 e. The lowest BCUT2D eigenvalue weighted by Gasteiger charge is -2.18. The van der Waals surface area contributed by atoms with Crippen molar-refractivity contribution >= 4 is 28.6 Å². The number of rotatable bonds is 6. The van der Waals surface area contributed by atoms with E-state index in [2.05, 4.69) is 171 Å². The Morgan fingerprint density at radius 1 is 0.487 bits per heavy atom. The van der Waals surface area contributed by atoms with Gasteiger partial charge in [0.05, 0.1) is 5.41 Å². The summed E-state index contributed by atoms with van der Waals surface area (Å²) in [5.41, 5.74) is 12.2. The summed E-state index contributed by atoms with van der Waals surface area (Å²) in [5, 5.41) is 0.